The average molecular weight is 353 g/mol. The van der Waals surface area contributed by atoms with Gasteiger partial charge in [-0.25, -0.2) is 4.68 Å². The van der Waals surface area contributed by atoms with Gasteiger partial charge in [-0.3, -0.25) is 4.79 Å². The molecular formula is C17H19N7O2. The zero-order valence-electron chi connectivity index (χ0n) is 14.3. The molecule has 0 aliphatic carbocycles. The van der Waals surface area contributed by atoms with Gasteiger partial charge in [0.25, 0.3) is 5.91 Å². The number of carbonyl (C=O) groups excluding carboxylic acids is 1. The molecule has 0 bridgehead atoms. The van der Waals surface area contributed by atoms with Gasteiger partial charge in [-0.2, -0.15) is 15.0 Å². The summed E-state index contributed by atoms with van der Waals surface area (Å²) < 4.78 is 7.49. The summed E-state index contributed by atoms with van der Waals surface area (Å²) in [6.07, 6.45) is 4.60. The lowest BCUT2D eigenvalue weighted by Gasteiger charge is -2.40. The lowest BCUT2D eigenvalue weighted by molar-refractivity contribution is -0.144. The first-order valence-electron chi connectivity index (χ1n) is 8.44. The van der Waals surface area contributed by atoms with Crippen LogP contribution < -0.4 is 4.74 Å². The van der Waals surface area contributed by atoms with Crippen molar-refractivity contribution in [2.45, 2.75) is 25.6 Å². The van der Waals surface area contributed by atoms with Gasteiger partial charge in [0.1, 0.15) is 18.0 Å². The van der Waals surface area contributed by atoms with Crippen LogP contribution in [0.5, 0.6) is 5.75 Å². The summed E-state index contributed by atoms with van der Waals surface area (Å²) >= 11 is 0. The number of aromatic nitrogens is 6. The molecule has 1 saturated heterocycles. The number of amides is 1. The maximum absolute atomic E-state index is 12.5. The number of likely N-dealkylation sites (tertiary alicyclic amines) is 1. The predicted molar refractivity (Wildman–Crippen MR) is 91.3 cm³/mol. The smallest absolute Gasteiger partial charge is 0.263 e. The highest BCUT2D eigenvalue weighted by molar-refractivity contribution is 5.81. The first-order chi connectivity index (χ1) is 12.7. The third kappa shape index (κ3) is 3.41. The summed E-state index contributed by atoms with van der Waals surface area (Å²) in [6.45, 7) is 3.45. The van der Waals surface area contributed by atoms with Gasteiger partial charge in [0.05, 0.1) is 24.6 Å². The van der Waals surface area contributed by atoms with Crippen LogP contribution in [0.25, 0.3) is 0 Å². The van der Waals surface area contributed by atoms with Crippen LogP contribution in [-0.4, -0.2) is 60.0 Å². The number of carbonyl (C=O) groups is 1. The lowest BCUT2D eigenvalue weighted by atomic mass is 10.1. The Morgan fingerprint density at radius 3 is 2.69 bits per heavy atom. The van der Waals surface area contributed by atoms with Crippen LogP contribution in [0.15, 0.2) is 48.9 Å². The molecule has 3 heterocycles. The number of para-hydroxylation sites is 1. The number of rotatable bonds is 6. The quantitative estimate of drug-likeness (QED) is 0.650. The van der Waals surface area contributed by atoms with Gasteiger partial charge < -0.3 is 9.64 Å². The number of ether oxygens (including phenoxy) is 1. The summed E-state index contributed by atoms with van der Waals surface area (Å²) in [4.78, 5) is 15.8. The first kappa shape index (κ1) is 16.2. The monoisotopic (exact) mass is 353 g/mol. The molecule has 0 N–H and O–H groups in total. The normalized spacial score (nSPS) is 15.5. The molecule has 1 amide bonds. The van der Waals surface area contributed by atoms with Crippen LogP contribution in [0.4, 0.5) is 0 Å². The molecule has 1 fully saturated rings. The van der Waals surface area contributed by atoms with E-state index < -0.39 is 6.10 Å². The summed E-state index contributed by atoms with van der Waals surface area (Å²) in [5.74, 6) is 0.671. The van der Waals surface area contributed by atoms with Crippen molar-refractivity contribution < 1.29 is 9.53 Å². The van der Waals surface area contributed by atoms with Crippen molar-refractivity contribution in [3.63, 3.8) is 0 Å². The largest absolute Gasteiger partial charge is 0.481 e. The zero-order chi connectivity index (χ0) is 17.9. The van der Waals surface area contributed by atoms with Gasteiger partial charge in [0, 0.05) is 13.1 Å². The Hall–Kier alpha value is -3.23. The Morgan fingerprint density at radius 1 is 1.23 bits per heavy atom. The Kier molecular flexibility index (Phi) is 4.34. The highest BCUT2D eigenvalue weighted by Gasteiger charge is 2.35. The van der Waals surface area contributed by atoms with Gasteiger partial charge in [0.15, 0.2) is 6.10 Å². The second kappa shape index (κ2) is 6.95. The molecule has 1 aromatic carbocycles. The van der Waals surface area contributed by atoms with E-state index >= 15 is 0 Å². The Balaban J connectivity index is 1.29. The van der Waals surface area contributed by atoms with Crippen molar-refractivity contribution in [2.75, 3.05) is 13.1 Å². The van der Waals surface area contributed by atoms with E-state index in [4.69, 9.17) is 4.74 Å². The predicted octanol–water partition coefficient (Wildman–Crippen LogP) is 0.769. The Bertz CT molecular complexity index is 856. The number of benzene rings is 1. The third-order valence-corrected chi connectivity index (χ3v) is 4.28. The van der Waals surface area contributed by atoms with E-state index in [0.717, 1.165) is 5.69 Å². The zero-order valence-corrected chi connectivity index (χ0v) is 14.3. The van der Waals surface area contributed by atoms with Gasteiger partial charge in [-0.05, 0) is 19.1 Å². The SMILES string of the molecule is CC(Oc1ccccc1)C(=O)N1CC(n2cc(Cn3nccn3)nn2)C1. The van der Waals surface area contributed by atoms with Crippen molar-refractivity contribution >= 4 is 5.91 Å². The minimum Gasteiger partial charge on any atom is -0.481 e. The second-order valence-electron chi connectivity index (χ2n) is 6.22. The molecule has 9 nitrogen and oxygen atoms in total. The van der Waals surface area contributed by atoms with Crippen LogP contribution in [0, 0.1) is 0 Å². The van der Waals surface area contributed by atoms with E-state index in [0.29, 0.717) is 25.4 Å². The lowest BCUT2D eigenvalue weighted by Crippen LogP contribution is -2.54. The highest BCUT2D eigenvalue weighted by atomic mass is 16.5. The fourth-order valence-corrected chi connectivity index (χ4v) is 2.85. The van der Waals surface area contributed by atoms with Gasteiger partial charge >= 0.3 is 0 Å². The Labute approximate surface area is 150 Å². The minimum absolute atomic E-state index is 0.0221. The number of nitrogens with zero attached hydrogens (tertiary/aromatic N) is 7. The molecular weight excluding hydrogens is 334 g/mol. The van der Waals surface area contributed by atoms with Gasteiger partial charge in [-0.1, -0.05) is 23.4 Å². The van der Waals surface area contributed by atoms with Crippen LogP contribution in [0.3, 0.4) is 0 Å². The summed E-state index contributed by atoms with van der Waals surface area (Å²) in [5.41, 5.74) is 0.784. The molecule has 26 heavy (non-hydrogen) atoms. The molecule has 0 saturated carbocycles. The molecule has 0 radical (unpaired) electrons. The second-order valence-corrected chi connectivity index (χ2v) is 6.22. The van der Waals surface area contributed by atoms with Crippen LogP contribution >= 0.6 is 0 Å². The van der Waals surface area contributed by atoms with E-state index in [1.807, 2.05) is 36.5 Å². The molecule has 2 aromatic heterocycles. The molecule has 9 heteroatoms. The maximum atomic E-state index is 12.5. The highest BCUT2D eigenvalue weighted by Crippen LogP contribution is 2.22. The topological polar surface area (TPSA) is 91.0 Å². The van der Waals surface area contributed by atoms with Crippen molar-refractivity contribution in [1.29, 1.82) is 0 Å². The molecule has 134 valence electrons. The molecule has 1 aliphatic heterocycles. The van der Waals surface area contributed by atoms with Crippen LogP contribution in [0.1, 0.15) is 18.7 Å². The van der Waals surface area contributed by atoms with Gasteiger partial charge in [0.2, 0.25) is 0 Å². The molecule has 4 rings (SSSR count). The van der Waals surface area contributed by atoms with Crippen molar-refractivity contribution in [3.05, 3.63) is 54.6 Å². The third-order valence-electron chi connectivity index (χ3n) is 4.28. The minimum atomic E-state index is -0.518. The fraction of sp³-hybridized carbons (Fsp3) is 0.353. The van der Waals surface area contributed by atoms with E-state index in [1.165, 1.54) is 0 Å². The van der Waals surface area contributed by atoms with E-state index in [2.05, 4.69) is 20.5 Å². The summed E-state index contributed by atoms with van der Waals surface area (Å²) in [5, 5.41) is 16.4. The van der Waals surface area contributed by atoms with E-state index in [-0.39, 0.29) is 11.9 Å². The van der Waals surface area contributed by atoms with Crippen molar-refractivity contribution in [1.82, 2.24) is 34.9 Å². The number of hydrogen-bond acceptors (Lipinski definition) is 6. The molecule has 1 unspecified atom stereocenters. The van der Waals surface area contributed by atoms with Crippen LogP contribution in [-0.2, 0) is 11.3 Å². The van der Waals surface area contributed by atoms with Crippen molar-refractivity contribution in [3.8, 4) is 5.75 Å². The standard InChI is InChI=1S/C17H19N7O2/c1-13(26-16-5-3-2-4-6-16)17(25)22-11-15(12-22)23-9-14(20-21-23)10-24-18-7-8-19-24/h2-9,13,15H,10-12H2,1H3. The van der Waals surface area contributed by atoms with E-state index in [9.17, 15) is 4.79 Å². The maximum Gasteiger partial charge on any atom is 0.263 e. The van der Waals surface area contributed by atoms with Crippen LogP contribution in [0.2, 0.25) is 0 Å². The van der Waals surface area contributed by atoms with Gasteiger partial charge in [-0.15, -0.1) is 5.10 Å². The molecule has 0 spiro atoms. The number of hydrogen-bond donors (Lipinski definition) is 0. The van der Waals surface area contributed by atoms with Crippen molar-refractivity contribution in [2.24, 2.45) is 0 Å². The Morgan fingerprint density at radius 2 is 1.96 bits per heavy atom. The molecule has 1 atom stereocenters. The average Bonchev–Trinajstić information content (AvgIpc) is 3.27. The van der Waals surface area contributed by atoms with E-state index in [1.54, 1.807) is 33.7 Å². The molecule has 1 aliphatic rings. The molecule has 3 aromatic rings. The summed E-state index contributed by atoms with van der Waals surface area (Å²) in [7, 11) is 0. The summed E-state index contributed by atoms with van der Waals surface area (Å²) in [6, 6.07) is 9.49. The first-order valence-corrected chi connectivity index (χ1v) is 8.44. The fourth-order valence-electron chi connectivity index (χ4n) is 2.85.